The largest absolute Gasteiger partial charge is 0.384 e. The molecule has 33 heavy (non-hydrogen) atoms. The number of thioether (sulfide) groups is 1. The second-order valence-electron chi connectivity index (χ2n) is 7.00. The molecule has 174 valence electrons. The Morgan fingerprint density at radius 3 is 2.27 bits per heavy atom. The van der Waals surface area contributed by atoms with E-state index in [1.54, 1.807) is 48.2 Å². The van der Waals surface area contributed by atoms with Crippen LogP contribution in [0.5, 0.6) is 0 Å². The van der Waals surface area contributed by atoms with Crippen molar-refractivity contribution >= 4 is 35.9 Å². The highest BCUT2D eigenvalue weighted by Crippen LogP contribution is 2.32. The highest BCUT2D eigenvalue weighted by Gasteiger charge is 2.28. The first kappa shape index (κ1) is 26.3. The number of nitrogen functional groups attached to an aromatic ring is 1. The van der Waals surface area contributed by atoms with E-state index in [0.717, 1.165) is 16.5 Å². The molecule has 5 nitrogen and oxygen atoms in total. The maximum Gasteiger partial charge on any atom is 0.254 e. The average molecular weight is 492 g/mol. The van der Waals surface area contributed by atoms with E-state index in [2.05, 4.69) is 5.32 Å². The van der Waals surface area contributed by atoms with E-state index in [4.69, 9.17) is 15.9 Å². The molecule has 3 rings (SSSR count). The van der Waals surface area contributed by atoms with Crippen molar-refractivity contribution in [1.82, 2.24) is 5.32 Å². The van der Waals surface area contributed by atoms with Crippen molar-refractivity contribution in [3.8, 4) is 11.1 Å². The summed E-state index contributed by atoms with van der Waals surface area (Å²) < 4.78 is 35.1. The Hall–Kier alpha value is -2.94. The van der Waals surface area contributed by atoms with Crippen molar-refractivity contribution in [2.75, 3.05) is 13.4 Å². The molecular weight excluding hydrogens is 468 g/mol. The van der Waals surface area contributed by atoms with Gasteiger partial charge in [-0.1, -0.05) is 36.4 Å². The lowest BCUT2D eigenvalue weighted by molar-refractivity contribution is -0.131. The summed E-state index contributed by atoms with van der Waals surface area (Å²) in [5.74, 6) is -2.43. The van der Waals surface area contributed by atoms with Gasteiger partial charge in [-0.3, -0.25) is 10.2 Å². The number of amidine groups is 1. The molecule has 0 unspecified atom stereocenters. The Morgan fingerprint density at radius 1 is 1.09 bits per heavy atom. The third-order valence-electron chi connectivity index (χ3n) is 5.00. The number of nitrogens with one attached hydrogen (secondary N) is 2. The molecule has 1 atom stereocenters. The van der Waals surface area contributed by atoms with E-state index in [1.807, 2.05) is 18.4 Å². The fourth-order valence-corrected chi connectivity index (χ4v) is 3.65. The van der Waals surface area contributed by atoms with E-state index in [9.17, 15) is 9.18 Å². The summed E-state index contributed by atoms with van der Waals surface area (Å²) in [7, 11) is 1.23. The van der Waals surface area contributed by atoms with Gasteiger partial charge < -0.3 is 15.8 Å². The van der Waals surface area contributed by atoms with Crippen molar-refractivity contribution in [3.05, 3.63) is 89.0 Å². The molecule has 9 heteroatoms. The Kier molecular flexibility index (Phi) is 9.40. The molecule has 0 radical (unpaired) electrons. The summed E-state index contributed by atoms with van der Waals surface area (Å²) in [5, 5.41) is 10.1. The highest BCUT2D eigenvalue weighted by atomic mass is 35.5. The maximum atomic E-state index is 15.3. The molecule has 0 heterocycles. The Labute approximate surface area is 201 Å². The zero-order valence-electron chi connectivity index (χ0n) is 18.0. The van der Waals surface area contributed by atoms with Gasteiger partial charge in [0.1, 0.15) is 17.5 Å². The topological polar surface area (TPSA) is 88.2 Å². The first-order chi connectivity index (χ1) is 15.3. The van der Waals surface area contributed by atoms with Crippen molar-refractivity contribution in [1.29, 1.82) is 5.41 Å². The number of nitrogens with two attached hydrogens (primary N) is 1. The van der Waals surface area contributed by atoms with E-state index in [0.29, 0.717) is 11.1 Å². The monoisotopic (exact) mass is 491 g/mol. The van der Waals surface area contributed by atoms with Crippen LogP contribution < -0.4 is 11.1 Å². The maximum absolute atomic E-state index is 15.3. The van der Waals surface area contributed by atoms with Crippen LogP contribution in [0.3, 0.4) is 0 Å². The Morgan fingerprint density at radius 2 is 1.73 bits per heavy atom. The number of carbonyl (C=O) groups excluding carboxylic acids is 1. The van der Waals surface area contributed by atoms with Crippen LogP contribution in [0.4, 0.5) is 8.78 Å². The molecule has 3 aromatic carbocycles. The molecule has 0 aromatic heterocycles. The summed E-state index contributed by atoms with van der Waals surface area (Å²) in [5.41, 5.74) is 7.04. The fraction of sp³-hybridized carbons (Fsp3) is 0.167. The summed E-state index contributed by atoms with van der Waals surface area (Å²) in [6.07, 6.45) is 0.474. The number of methoxy groups -OCH3 is 1. The molecule has 0 bridgehead atoms. The number of benzene rings is 3. The van der Waals surface area contributed by atoms with Crippen LogP contribution in [0.25, 0.3) is 11.1 Å². The zero-order valence-corrected chi connectivity index (χ0v) is 19.7. The molecule has 0 spiro atoms. The van der Waals surface area contributed by atoms with E-state index in [-0.39, 0.29) is 30.4 Å². The van der Waals surface area contributed by atoms with Gasteiger partial charge >= 0.3 is 0 Å². The third-order valence-corrected chi connectivity index (χ3v) is 5.74. The summed E-state index contributed by atoms with van der Waals surface area (Å²) in [4.78, 5) is 13.7. The van der Waals surface area contributed by atoms with Crippen LogP contribution in [0.2, 0.25) is 0 Å². The number of carbonyl (C=O) groups is 1. The second-order valence-corrected chi connectivity index (χ2v) is 7.87. The SMILES string of the molecule is CO[C@H](C(=O)NCc1ccc(C(=N)N)cc1)c1c(F)ccc(-c2ccc(SC)cc2)c1F.Cl. The molecule has 4 N–H and O–H groups in total. The van der Waals surface area contributed by atoms with Gasteiger partial charge in [0.25, 0.3) is 5.91 Å². The van der Waals surface area contributed by atoms with E-state index < -0.39 is 29.2 Å². The van der Waals surface area contributed by atoms with Gasteiger partial charge in [0.05, 0.1) is 5.56 Å². The molecule has 0 saturated carbocycles. The fourth-order valence-electron chi connectivity index (χ4n) is 3.24. The Bertz CT molecular complexity index is 1130. The standard InChI is InChI=1S/C24H23F2N3O2S.ClH/c1-31-22(24(30)29-13-14-3-5-16(6-4-14)23(27)28)20-19(25)12-11-18(21(20)26)15-7-9-17(32-2)10-8-15;/h3-12,22H,13H2,1-2H3,(H3,27,28)(H,29,30);1H/t22-;/m0./s1. The van der Waals surface area contributed by atoms with Crippen molar-refractivity contribution in [3.63, 3.8) is 0 Å². The predicted octanol–water partition coefficient (Wildman–Crippen LogP) is 5.06. The summed E-state index contributed by atoms with van der Waals surface area (Å²) >= 11 is 1.56. The Balaban J connectivity index is 0.00000385. The lowest BCUT2D eigenvalue weighted by atomic mass is 9.98. The zero-order chi connectivity index (χ0) is 23.3. The van der Waals surface area contributed by atoms with E-state index >= 15 is 4.39 Å². The normalized spacial score (nSPS) is 11.4. The van der Waals surface area contributed by atoms with Crippen molar-refractivity contribution < 1.29 is 18.3 Å². The van der Waals surface area contributed by atoms with Crippen LogP contribution in [-0.2, 0) is 16.1 Å². The van der Waals surface area contributed by atoms with Crippen molar-refractivity contribution in [2.24, 2.45) is 5.73 Å². The first-order valence-electron chi connectivity index (χ1n) is 9.71. The molecule has 1 amide bonds. The summed E-state index contributed by atoms with van der Waals surface area (Å²) in [6.45, 7) is 0.121. The quantitative estimate of drug-likeness (QED) is 0.233. The third kappa shape index (κ3) is 6.10. The molecule has 0 fully saturated rings. The molecule has 3 aromatic rings. The minimum absolute atomic E-state index is 0. The van der Waals surface area contributed by atoms with Gasteiger partial charge in [-0.15, -0.1) is 24.2 Å². The van der Waals surface area contributed by atoms with Gasteiger partial charge in [0.15, 0.2) is 6.10 Å². The van der Waals surface area contributed by atoms with Gasteiger partial charge in [0, 0.05) is 29.7 Å². The predicted molar refractivity (Wildman–Crippen MR) is 130 cm³/mol. The number of amides is 1. The summed E-state index contributed by atoms with van der Waals surface area (Å²) in [6, 6.07) is 16.4. The molecule has 0 aliphatic rings. The van der Waals surface area contributed by atoms with Gasteiger partial charge in [-0.2, -0.15) is 0 Å². The smallest absolute Gasteiger partial charge is 0.254 e. The number of rotatable bonds is 8. The number of ether oxygens (including phenoxy) is 1. The molecular formula is C24H24ClF2N3O2S. The van der Waals surface area contributed by atoms with Crippen molar-refractivity contribution in [2.45, 2.75) is 17.5 Å². The number of hydrogen-bond donors (Lipinski definition) is 3. The number of halogens is 3. The van der Waals surface area contributed by atoms with Crippen LogP contribution >= 0.6 is 24.2 Å². The number of hydrogen-bond acceptors (Lipinski definition) is 4. The first-order valence-corrected chi connectivity index (χ1v) is 10.9. The van der Waals surface area contributed by atoms with Gasteiger partial charge in [-0.05, 0) is 41.6 Å². The van der Waals surface area contributed by atoms with Crippen LogP contribution in [0, 0.1) is 17.0 Å². The molecule has 0 aliphatic heterocycles. The van der Waals surface area contributed by atoms with Crippen LogP contribution in [0.15, 0.2) is 65.6 Å². The van der Waals surface area contributed by atoms with Gasteiger partial charge in [0.2, 0.25) is 0 Å². The minimum Gasteiger partial charge on any atom is -0.384 e. The average Bonchev–Trinajstić information content (AvgIpc) is 2.80. The molecule has 0 aliphatic carbocycles. The lowest BCUT2D eigenvalue weighted by Gasteiger charge is -2.19. The molecule has 0 saturated heterocycles. The lowest BCUT2D eigenvalue weighted by Crippen LogP contribution is -2.31. The highest BCUT2D eigenvalue weighted by molar-refractivity contribution is 7.98. The van der Waals surface area contributed by atoms with Crippen LogP contribution in [0.1, 0.15) is 22.8 Å². The van der Waals surface area contributed by atoms with Gasteiger partial charge in [-0.25, -0.2) is 8.78 Å². The van der Waals surface area contributed by atoms with Crippen LogP contribution in [-0.4, -0.2) is 25.1 Å². The van der Waals surface area contributed by atoms with E-state index in [1.165, 1.54) is 13.2 Å². The minimum atomic E-state index is -1.46. The second kappa shape index (κ2) is 11.8.